The molecule has 1 amide bonds. The van der Waals surface area contributed by atoms with Gasteiger partial charge in [-0.1, -0.05) is 40.6 Å². The van der Waals surface area contributed by atoms with Gasteiger partial charge in [0, 0.05) is 35.9 Å². The maximum absolute atomic E-state index is 12.6. The third-order valence-electron chi connectivity index (χ3n) is 3.86. The van der Waals surface area contributed by atoms with E-state index >= 15 is 0 Å². The SMILES string of the molecule is CCOCCn1c(=NC(=O)c2cccc([N+](=O)[O-])c2)sc2cc(Cl)cc(Cl)c21. The van der Waals surface area contributed by atoms with E-state index in [1.54, 1.807) is 16.7 Å². The van der Waals surface area contributed by atoms with E-state index in [2.05, 4.69) is 4.99 Å². The van der Waals surface area contributed by atoms with Crippen molar-refractivity contribution in [3.05, 3.63) is 66.9 Å². The molecule has 0 aliphatic rings. The van der Waals surface area contributed by atoms with Gasteiger partial charge in [0.2, 0.25) is 0 Å². The number of ether oxygens (including phenoxy) is 1. The standard InChI is InChI=1S/C18H15Cl2N3O4S/c1-2-27-7-6-22-16-14(20)9-12(19)10-15(16)28-18(22)21-17(24)11-4-3-5-13(8-11)23(25)26/h3-5,8-10H,2,6-7H2,1H3. The molecule has 0 atom stereocenters. The average molecular weight is 440 g/mol. The van der Waals surface area contributed by atoms with Crippen molar-refractivity contribution in [2.45, 2.75) is 13.5 Å². The van der Waals surface area contributed by atoms with Gasteiger partial charge in [-0.05, 0) is 25.1 Å². The number of non-ortho nitro benzene ring substituents is 1. The summed E-state index contributed by atoms with van der Waals surface area (Å²) in [5.41, 5.74) is 0.671. The molecule has 0 radical (unpaired) electrons. The number of carbonyl (C=O) groups excluding carboxylic acids is 1. The summed E-state index contributed by atoms with van der Waals surface area (Å²) in [7, 11) is 0. The highest BCUT2D eigenvalue weighted by atomic mass is 35.5. The molecule has 0 N–H and O–H groups in total. The van der Waals surface area contributed by atoms with Gasteiger partial charge in [0.15, 0.2) is 4.80 Å². The van der Waals surface area contributed by atoms with Gasteiger partial charge in [-0.25, -0.2) is 0 Å². The second-order valence-electron chi connectivity index (χ2n) is 5.69. The highest BCUT2D eigenvalue weighted by Crippen LogP contribution is 2.29. The number of benzene rings is 2. The molecule has 0 aliphatic heterocycles. The molecule has 0 bridgehead atoms. The molecular weight excluding hydrogens is 425 g/mol. The van der Waals surface area contributed by atoms with Crippen molar-refractivity contribution in [2.24, 2.45) is 4.99 Å². The first-order chi connectivity index (χ1) is 13.4. The van der Waals surface area contributed by atoms with Crippen LogP contribution in [0, 0.1) is 10.1 Å². The summed E-state index contributed by atoms with van der Waals surface area (Å²) >= 11 is 13.7. The minimum Gasteiger partial charge on any atom is -0.380 e. The van der Waals surface area contributed by atoms with E-state index < -0.39 is 10.8 Å². The maximum atomic E-state index is 12.6. The van der Waals surface area contributed by atoms with Crippen molar-refractivity contribution in [3.63, 3.8) is 0 Å². The van der Waals surface area contributed by atoms with E-state index in [0.717, 1.165) is 4.70 Å². The van der Waals surface area contributed by atoms with Crippen molar-refractivity contribution >= 4 is 56.3 Å². The topological polar surface area (TPSA) is 86.7 Å². The van der Waals surface area contributed by atoms with Gasteiger partial charge in [0.05, 0.1) is 26.8 Å². The zero-order valence-electron chi connectivity index (χ0n) is 14.7. The maximum Gasteiger partial charge on any atom is 0.279 e. The Labute approximate surface area is 173 Å². The van der Waals surface area contributed by atoms with Crippen molar-refractivity contribution in [2.75, 3.05) is 13.2 Å². The van der Waals surface area contributed by atoms with E-state index in [1.807, 2.05) is 6.92 Å². The molecule has 0 unspecified atom stereocenters. The van der Waals surface area contributed by atoms with Crippen molar-refractivity contribution in [3.8, 4) is 0 Å². The zero-order chi connectivity index (χ0) is 20.3. The predicted octanol–water partition coefficient (Wildman–Crippen LogP) is 4.70. The van der Waals surface area contributed by atoms with Gasteiger partial charge in [-0.3, -0.25) is 14.9 Å². The van der Waals surface area contributed by atoms with E-state index in [4.69, 9.17) is 27.9 Å². The van der Waals surface area contributed by atoms with Crippen LogP contribution in [0.15, 0.2) is 41.4 Å². The largest absolute Gasteiger partial charge is 0.380 e. The molecule has 7 nitrogen and oxygen atoms in total. The molecule has 0 spiro atoms. The summed E-state index contributed by atoms with van der Waals surface area (Å²) in [4.78, 5) is 27.6. The van der Waals surface area contributed by atoms with E-state index in [9.17, 15) is 14.9 Å². The fourth-order valence-corrected chi connectivity index (χ4v) is 4.46. The first kappa shape index (κ1) is 20.5. The zero-order valence-corrected chi connectivity index (χ0v) is 17.1. The monoisotopic (exact) mass is 439 g/mol. The van der Waals surface area contributed by atoms with E-state index in [1.165, 1.54) is 35.6 Å². The number of thiazole rings is 1. The Kier molecular flexibility index (Phi) is 6.46. The first-order valence-corrected chi connectivity index (χ1v) is 9.87. The lowest BCUT2D eigenvalue weighted by molar-refractivity contribution is -0.384. The summed E-state index contributed by atoms with van der Waals surface area (Å²) in [6, 6.07) is 8.84. The van der Waals surface area contributed by atoms with Gasteiger partial charge in [-0.15, -0.1) is 0 Å². The Balaban J connectivity index is 2.11. The average Bonchev–Trinajstić information content (AvgIpc) is 2.99. The summed E-state index contributed by atoms with van der Waals surface area (Å²) in [6.45, 7) is 3.30. The fraction of sp³-hybridized carbons (Fsp3) is 0.222. The van der Waals surface area contributed by atoms with Gasteiger partial charge in [0.25, 0.3) is 11.6 Å². The third kappa shape index (κ3) is 4.41. The van der Waals surface area contributed by atoms with Crippen LogP contribution >= 0.6 is 34.5 Å². The number of amides is 1. The minimum atomic E-state index is -0.581. The van der Waals surface area contributed by atoms with Gasteiger partial charge in [0.1, 0.15) is 0 Å². The van der Waals surface area contributed by atoms with Gasteiger partial charge < -0.3 is 9.30 Å². The number of nitro benzene ring substituents is 1. The molecule has 0 fully saturated rings. The number of fused-ring (bicyclic) bond motifs is 1. The summed E-state index contributed by atoms with van der Waals surface area (Å²) in [5.74, 6) is -0.581. The molecule has 146 valence electrons. The number of halogens is 2. The lowest BCUT2D eigenvalue weighted by Gasteiger charge is -2.07. The van der Waals surface area contributed by atoms with E-state index in [0.29, 0.717) is 40.1 Å². The molecule has 10 heteroatoms. The number of nitrogens with zero attached hydrogens (tertiary/aromatic N) is 3. The lowest BCUT2D eigenvalue weighted by Crippen LogP contribution is -2.20. The highest BCUT2D eigenvalue weighted by molar-refractivity contribution is 7.16. The van der Waals surface area contributed by atoms with Crippen LogP contribution in [-0.2, 0) is 11.3 Å². The van der Waals surface area contributed by atoms with Crippen LogP contribution in [0.1, 0.15) is 17.3 Å². The Morgan fingerprint density at radius 1 is 1.32 bits per heavy atom. The molecule has 28 heavy (non-hydrogen) atoms. The second-order valence-corrected chi connectivity index (χ2v) is 7.54. The van der Waals surface area contributed by atoms with Gasteiger partial charge >= 0.3 is 0 Å². The summed E-state index contributed by atoms with van der Waals surface area (Å²) in [5, 5.41) is 11.9. The van der Waals surface area contributed by atoms with Crippen LogP contribution in [0.5, 0.6) is 0 Å². The van der Waals surface area contributed by atoms with E-state index in [-0.39, 0.29) is 11.3 Å². The Morgan fingerprint density at radius 3 is 2.82 bits per heavy atom. The molecule has 0 saturated heterocycles. The smallest absolute Gasteiger partial charge is 0.279 e. The van der Waals surface area contributed by atoms with Crippen molar-refractivity contribution < 1.29 is 14.5 Å². The van der Waals surface area contributed by atoms with Crippen LogP contribution in [0.4, 0.5) is 5.69 Å². The van der Waals surface area contributed by atoms with Gasteiger partial charge in [-0.2, -0.15) is 4.99 Å². The normalized spacial score (nSPS) is 11.9. The second kappa shape index (κ2) is 8.83. The predicted molar refractivity (Wildman–Crippen MR) is 109 cm³/mol. The molecule has 1 aromatic heterocycles. The molecule has 0 aliphatic carbocycles. The number of rotatable bonds is 6. The van der Waals surface area contributed by atoms with Crippen LogP contribution in [-0.4, -0.2) is 28.6 Å². The van der Waals surface area contributed by atoms with Crippen LogP contribution in [0.2, 0.25) is 10.0 Å². The number of hydrogen-bond donors (Lipinski definition) is 0. The quantitative estimate of drug-likeness (QED) is 0.316. The Bertz CT molecular complexity index is 1120. The minimum absolute atomic E-state index is 0.132. The van der Waals surface area contributed by atoms with Crippen LogP contribution in [0.25, 0.3) is 10.2 Å². The number of aromatic nitrogens is 1. The number of nitro groups is 1. The highest BCUT2D eigenvalue weighted by Gasteiger charge is 2.14. The number of hydrogen-bond acceptors (Lipinski definition) is 5. The number of carbonyl (C=O) groups is 1. The summed E-state index contributed by atoms with van der Waals surface area (Å²) < 4.78 is 7.99. The fourth-order valence-electron chi connectivity index (χ4n) is 2.63. The molecular formula is C18H15Cl2N3O4S. The van der Waals surface area contributed by atoms with Crippen LogP contribution < -0.4 is 4.80 Å². The Hall–Kier alpha value is -2.26. The summed E-state index contributed by atoms with van der Waals surface area (Å²) in [6.07, 6.45) is 0. The van der Waals surface area contributed by atoms with Crippen LogP contribution in [0.3, 0.4) is 0 Å². The molecule has 3 aromatic rings. The van der Waals surface area contributed by atoms with Crippen molar-refractivity contribution in [1.29, 1.82) is 0 Å². The lowest BCUT2D eigenvalue weighted by atomic mass is 10.2. The van der Waals surface area contributed by atoms with Crippen molar-refractivity contribution in [1.82, 2.24) is 4.57 Å². The molecule has 2 aromatic carbocycles. The third-order valence-corrected chi connectivity index (χ3v) is 5.39. The first-order valence-electron chi connectivity index (χ1n) is 8.30. The Morgan fingerprint density at radius 2 is 2.11 bits per heavy atom. The molecule has 1 heterocycles. The molecule has 0 saturated carbocycles. The molecule has 3 rings (SSSR count).